The van der Waals surface area contributed by atoms with E-state index in [0.717, 1.165) is 16.5 Å². The maximum atomic E-state index is 15.6. The zero-order valence-corrected chi connectivity index (χ0v) is 37.8. The number of hydrogen-bond donors (Lipinski definition) is 6. The summed E-state index contributed by atoms with van der Waals surface area (Å²) in [4.78, 5) is 79.9. The summed E-state index contributed by atoms with van der Waals surface area (Å²) in [6.45, 7) is 2.16. The molecule has 0 saturated carbocycles. The number of aromatic nitrogens is 1. The number of halogens is 1. The first kappa shape index (κ1) is 47.9. The number of benzene rings is 4. The fourth-order valence-electron chi connectivity index (χ4n) is 8.07. The summed E-state index contributed by atoms with van der Waals surface area (Å²) >= 11 is 0. The highest BCUT2D eigenvalue weighted by atomic mass is 32.2. The third kappa shape index (κ3) is 11.1. The van der Waals surface area contributed by atoms with Gasteiger partial charge in [-0.15, -0.1) is 0 Å². The van der Waals surface area contributed by atoms with Crippen molar-refractivity contribution >= 4 is 68.3 Å². The molecule has 4 aromatic carbocycles. The van der Waals surface area contributed by atoms with Crippen LogP contribution in [0.5, 0.6) is 0 Å². The van der Waals surface area contributed by atoms with Crippen LogP contribution in [-0.2, 0) is 45.0 Å². The molecule has 1 unspecified atom stereocenters. The summed E-state index contributed by atoms with van der Waals surface area (Å²) in [6.07, 6.45) is 2.15. The van der Waals surface area contributed by atoms with Crippen LogP contribution in [0.25, 0.3) is 22.3 Å². The molecule has 3 aliphatic heterocycles. The second-order valence-electron chi connectivity index (χ2n) is 16.1. The second-order valence-corrected chi connectivity index (χ2v) is 17.8. The molecule has 7 N–H and O–H groups in total. The highest BCUT2D eigenvalue weighted by Gasteiger charge is 2.45. The van der Waals surface area contributed by atoms with Gasteiger partial charge in [-0.2, -0.15) is 0 Å². The number of fused-ring (bicyclic) bond motifs is 2. The van der Waals surface area contributed by atoms with E-state index < -0.39 is 45.5 Å². The molecule has 0 radical (unpaired) electrons. The van der Waals surface area contributed by atoms with Crippen molar-refractivity contribution in [2.45, 2.75) is 36.6 Å². The Hall–Kier alpha value is -7.59. The predicted octanol–water partition coefficient (Wildman–Crippen LogP) is 4.12. The maximum absolute atomic E-state index is 15.6. The quantitative estimate of drug-likeness (QED) is 0.0474. The molecular formula is C48H47FN8O11S. The molecule has 1 fully saturated rings. The minimum Gasteiger partial charge on any atom is -0.383 e. The summed E-state index contributed by atoms with van der Waals surface area (Å²) < 4.78 is 61.4. The van der Waals surface area contributed by atoms with Gasteiger partial charge in [0.2, 0.25) is 17.7 Å². The standard InChI is InChI=1S/C48H47FN8O11S/c49-38-26-33(8-10-34(38)30-24-37(44(50)53-27-30)28-7-9-35-29(23-28)13-15-52-45(35)60)69(64,65)56-32-4-1-3-31(25-32)54-42(59)14-17-66-19-21-68-22-20-67-18-16-51-39-6-2-5-36-43(39)48(63)57(47(36)62)40-11-12-41(58)55-46(40)61/h1-10,23-27,40,51,56H,11-22H2,(H2,50,53)(H,52,60)(H,54,59)(H,55,58,61). The number of pyridine rings is 1. The number of imide groups is 2. The van der Waals surface area contributed by atoms with E-state index in [4.69, 9.17) is 19.9 Å². The molecule has 6 amide bonds. The van der Waals surface area contributed by atoms with Crippen LogP contribution in [-0.4, -0.2) is 113 Å². The molecule has 4 heterocycles. The number of anilines is 4. The monoisotopic (exact) mass is 962 g/mol. The van der Waals surface area contributed by atoms with E-state index in [1.54, 1.807) is 42.5 Å². The minimum atomic E-state index is -4.26. The highest BCUT2D eigenvalue weighted by Crippen LogP contribution is 2.35. The third-order valence-electron chi connectivity index (χ3n) is 11.5. The Bertz CT molecular complexity index is 2970. The van der Waals surface area contributed by atoms with Crippen LogP contribution in [0, 0.1) is 5.82 Å². The molecule has 3 aliphatic rings. The fourth-order valence-corrected chi connectivity index (χ4v) is 9.13. The topological polar surface area (TPSA) is 267 Å². The largest absolute Gasteiger partial charge is 0.383 e. The molecule has 5 aromatic rings. The third-order valence-corrected chi connectivity index (χ3v) is 12.8. The van der Waals surface area contributed by atoms with Crippen molar-refractivity contribution in [2.75, 3.05) is 73.8 Å². The van der Waals surface area contributed by atoms with E-state index in [2.05, 4.69) is 31.0 Å². The molecule has 358 valence electrons. The van der Waals surface area contributed by atoms with Crippen LogP contribution in [0.3, 0.4) is 0 Å². The number of nitrogens with zero attached hydrogens (tertiary/aromatic N) is 2. The zero-order chi connectivity index (χ0) is 48.7. The van der Waals surface area contributed by atoms with Gasteiger partial charge >= 0.3 is 0 Å². The molecular weight excluding hydrogens is 916 g/mol. The van der Waals surface area contributed by atoms with Crippen molar-refractivity contribution in [3.8, 4) is 22.3 Å². The number of nitrogens with one attached hydrogen (secondary N) is 5. The smallest absolute Gasteiger partial charge is 0.264 e. The van der Waals surface area contributed by atoms with E-state index in [9.17, 15) is 37.2 Å². The Labute approximate surface area is 395 Å². The molecule has 0 bridgehead atoms. The minimum absolute atomic E-state index is 0.00802. The van der Waals surface area contributed by atoms with Crippen LogP contribution >= 0.6 is 0 Å². The van der Waals surface area contributed by atoms with Crippen molar-refractivity contribution < 1.29 is 55.8 Å². The first-order chi connectivity index (χ1) is 33.3. The molecule has 21 heteroatoms. The van der Waals surface area contributed by atoms with Gasteiger partial charge in [0, 0.05) is 59.3 Å². The van der Waals surface area contributed by atoms with Crippen LogP contribution < -0.4 is 31.7 Å². The van der Waals surface area contributed by atoms with Gasteiger partial charge in [-0.3, -0.25) is 43.7 Å². The van der Waals surface area contributed by atoms with Crippen LogP contribution in [0.1, 0.15) is 55.9 Å². The summed E-state index contributed by atoms with van der Waals surface area (Å²) in [7, 11) is -4.26. The van der Waals surface area contributed by atoms with Gasteiger partial charge in [-0.25, -0.2) is 17.8 Å². The number of carbonyl (C=O) groups excluding carboxylic acids is 6. The second kappa shape index (κ2) is 21.1. The highest BCUT2D eigenvalue weighted by molar-refractivity contribution is 7.92. The van der Waals surface area contributed by atoms with E-state index in [1.165, 1.54) is 36.5 Å². The van der Waals surface area contributed by atoms with Crippen LogP contribution in [0.2, 0.25) is 0 Å². The summed E-state index contributed by atoms with van der Waals surface area (Å²) in [5.74, 6) is -3.44. The average molecular weight is 963 g/mol. The van der Waals surface area contributed by atoms with Crippen LogP contribution in [0.4, 0.5) is 27.3 Å². The predicted molar refractivity (Wildman–Crippen MR) is 250 cm³/mol. The number of hydrogen-bond acceptors (Lipinski definition) is 14. The Morgan fingerprint density at radius 1 is 0.783 bits per heavy atom. The zero-order valence-electron chi connectivity index (χ0n) is 37.0. The molecule has 19 nitrogen and oxygen atoms in total. The number of rotatable bonds is 20. The van der Waals surface area contributed by atoms with Gasteiger partial charge in [-0.05, 0) is 78.6 Å². The van der Waals surface area contributed by atoms with E-state index in [1.807, 2.05) is 6.07 Å². The molecule has 1 atom stereocenters. The molecule has 1 aromatic heterocycles. The number of amides is 6. The lowest BCUT2D eigenvalue weighted by molar-refractivity contribution is -0.136. The fraction of sp³-hybridized carbons (Fsp3) is 0.271. The Kier molecular flexibility index (Phi) is 14.7. The number of carbonyl (C=O) groups is 6. The van der Waals surface area contributed by atoms with E-state index >= 15 is 4.39 Å². The first-order valence-corrected chi connectivity index (χ1v) is 23.5. The average Bonchev–Trinajstić information content (AvgIpc) is 3.58. The number of ether oxygens (including phenoxy) is 3. The van der Waals surface area contributed by atoms with Gasteiger partial charge < -0.3 is 35.9 Å². The lowest BCUT2D eigenvalue weighted by atomic mass is 9.94. The van der Waals surface area contributed by atoms with Crippen molar-refractivity contribution in [3.05, 3.63) is 119 Å². The summed E-state index contributed by atoms with van der Waals surface area (Å²) in [5, 5.41) is 10.8. The van der Waals surface area contributed by atoms with Crippen LogP contribution in [0.15, 0.2) is 96.0 Å². The summed E-state index contributed by atoms with van der Waals surface area (Å²) in [6, 6.07) is 20.3. The SMILES string of the molecule is Nc1ncc(-c2ccc(S(=O)(=O)Nc3cccc(NC(=O)CCOCCOCCOCCNc4cccc5c4C(=O)N(C4CCC(=O)NC4=O)C5=O)c3)cc2F)cc1-c1ccc2c(c1)CCNC2=O. The summed E-state index contributed by atoms with van der Waals surface area (Å²) in [5.41, 5.74) is 10.6. The van der Waals surface area contributed by atoms with E-state index in [-0.39, 0.29) is 104 Å². The Balaban J connectivity index is 0.723. The van der Waals surface area contributed by atoms with Crippen molar-refractivity contribution in [1.82, 2.24) is 20.5 Å². The van der Waals surface area contributed by atoms with E-state index in [0.29, 0.717) is 53.1 Å². The number of piperidine rings is 1. The molecule has 0 aliphatic carbocycles. The van der Waals surface area contributed by atoms with Crippen molar-refractivity contribution in [3.63, 3.8) is 0 Å². The van der Waals surface area contributed by atoms with Gasteiger partial charge in [0.15, 0.2) is 0 Å². The van der Waals surface area contributed by atoms with Gasteiger partial charge in [0.25, 0.3) is 27.7 Å². The molecule has 8 rings (SSSR count). The lowest BCUT2D eigenvalue weighted by Gasteiger charge is -2.27. The normalized spacial score (nSPS) is 15.6. The van der Waals surface area contributed by atoms with Crippen molar-refractivity contribution in [1.29, 1.82) is 0 Å². The number of nitrogen functional groups attached to an aromatic ring is 1. The van der Waals surface area contributed by atoms with Gasteiger partial charge in [0.05, 0.1) is 67.8 Å². The Morgan fingerprint density at radius 3 is 2.30 bits per heavy atom. The number of sulfonamides is 1. The number of nitrogens with two attached hydrogens (primary N) is 1. The first-order valence-electron chi connectivity index (χ1n) is 22.0. The lowest BCUT2D eigenvalue weighted by Crippen LogP contribution is -2.54. The van der Waals surface area contributed by atoms with Gasteiger partial charge in [0.1, 0.15) is 17.7 Å². The maximum Gasteiger partial charge on any atom is 0.264 e. The molecule has 1 saturated heterocycles. The van der Waals surface area contributed by atoms with Crippen molar-refractivity contribution in [2.24, 2.45) is 0 Å². The molecule has 0 spiro atoms. The van der Waals surface area contributed by atoms with Gasteiger partial charge in [-0.1, -0.05) is 30.3 Å². The Morgan fingerprint density at radius 2 is 1.52 bits per heavy atom. The molecule has 69 heavy (non-hydrogen) atoms.